The Balaban J connectivity index is 1.58. The molecule has 0 radical (unpaired) electrons. The SMILES string of the molecule is COCc1c(C(=O)N[C@H]2CCc3nnc(C)n3C2)oc2ccccc12. The number of furan rings is 1. The molecular weight excluding hydrogens is 320 g/mol. The van der Waals surface area contributed by atoms with E-state index in [9.17, 15) is 4.79 Å². The van der Waals surface area contributed by atoms with E-state index in [0.717, 1.165) is 35.4 Å². The summed E-state index contributed by atoms with van der Waals surface area (Å²) in [4.78, 5) is 12.8. The molecule has 7 heteroatoms. The minimum absolute atomic E-state index is 0.0262. The number of carbonyl (C=O) groups excluding carboxylic acids is 1. The maximum atomic E-state index is 12.8. The first-order chi connectivity index (χ1) is 12.2. The Labute approximate surface area is 145 Å². The Bertz CT molecular complexity index is 928. The third-order valence-electron chi connectivity index (χ3n) is 4.66. The molecule has 2 aromatic heterocycles. The van der Waals surface area contributed by atoms with Crippen molar-refractivity contribution in [3.05, 3.63) is 47.2 Å². The molecule has 25 heavy (non-hydrogen) atoms. The molecule has 3 aromatic rings. The average molecular weight is 340 g/mol. The lowest BCUT2D eigenvalue weighted by atomic mass is 10.1. The van der Waals surface area contributed by atoms with Crippen LogP contribution in [0.15, 0.2) is 28.7 Å². The summed E-state index contributed by atoms with van der Waals surface area (Å²) < 4.78 is 13.1. The van der Waals surface area contributed by atoms with E-state index in [4.69, 9.17) is 9.15 Å². The van der Waals surface area contributed by atoms with Crippen LogP contribution in [0.25, 0.3) is 11.0 Å². The summed E-state index contributed by atoms with van der Waals surface area (Å²) in [5.74, 6) is 1.97. The molecule has 4 rings (SSSR count). The Morgan fingerprint density at radius 1 is 1.40 bits per heavy atom. The number of benzene rings is 1. The summed E-state index contributed by atoms with van der Waals surface area (Å²) in [5.41, 5.74) is 1.48. The van der Waals surface area contributed by atoms with Crippen LogP contribution in [0.3, 0.4) is 0 Å². The lowest BCUT2D eigenvalue weighted by molar-refractivity contribution is 0.0894. The molecule has 0 bridgehead atoms. The largest absolute Gasteiger partial charge is 0.451 e. The molecular formula is C18H20N4O3. The van der Waals surface area contributed by atoms with Crippen LogP contribution in [0.5, 0.6) is 0 Å². The number of nitrogens with zero attached hydrogens (tertiary/aromatic N) is 3. The Morgan fingerprint density at radius 2 is 2.24 bits per heavy atom. The predicted octanol–water partition coefficient (Wildman–Crippen LogP) is 2.22. The number of para-hydroxylation sites is 1. The van der Waals surface area contributed by atoms with Gasteiger partial charge in [-0.2, -0.15) is 0 Å². The van der Waals surface area contributed by atoms with Crippen molar-refractivity contribution in [3.8, 4) is 0 Å². The second kappa shape index (κ2) is 6.33. The van der Waals surface area contributed by atoms with Crippen molar-refractivity contribution in [1.29, 1.82) is 0 Å². The summed E-state index contributed by atoms with van der Waals surface area (Å²) in [7, 11) is 1.61. The second-order valence-corrected chi connectivity index (χ2v) is 6.32. The molecule has 130 valence electrons. The first kappa shape index (κ1) is 15.8. The van der Waals surface area contributed by atoms with Gasteiger partial charge in [0.2, 0.25) is 0 Å². The van der Waals surface area contributed by atoms with Gasteiger partial charge in [-0.3, -0.25) is 4.79 Å². The molecule has 1 amide bonds. The summed E-state index contributed by atoms with van der Waals surface area (Å²) in [5, 5.41) is 12.3. The standard InChI is InChI=1S/C18H20N4O3/c1-11-20-21-16-8-7-12(9-22(11)16)19-18(23)17-14(10-24-2)13-5-3-4-6-15(13)25-17/h3-6,12H,7-10H2,1-2H3,(H,19,23)/t12-/m0/s1. The average Bonchev–Trinajstić information content (AvgIpc) is 3.17. The third kappa shape index (κ3) is 2.80. The van der Waals surface area contributed by atoms with Crippen molar-refractivity contribution in [1.82, 2.24) is 20.1 Å². The molecule has 0 aliphatic carbocycles. The zero-order chi connectivity index (χ0) is 17.4. The smallest absolute Gasteiger partial charge is 0.287 e. The highest BCUT2D eigenvalue weighted by atomic mass is 16.5. The van der Waals surface area contributed by atoms with E-state index in [1.165, 1.54) is 0 Å². The summed E-state index contributed by atoms with van der Waals surface area (Å²) in [6.45, 7) is 2.94. The van der Waals surface area contributed by atoms with E-state index < -0.39 is 0 Å². The number of carbonyl (C=O) groups is 1. The van der Waals surface area contributed by atoms with E-state index >= 15 is 0 Å². The first-order valence-electron chi connectivity index (χ1n) is 8.36. The van der Waals surface area contributed by atoms with Crippen LogP contribution in [-0.4, -0.2) is 33.8 Å². The molecule has 0 unspecified atom stereocenters. The number of ether oxygens (including phenoxy) is 1. The maximum Gasteiger partial charge on any atom is 0.287 e. The van der Waals surface area contributed by atoms with Crippen LogP contribution in [0.4, 0.5) is 0 Å². The number of aryl methyl sites for hydroxylation is 2. The van der Waals surface area contributed by atoms with E-state index in [2.05, 4.69) is 20.1 Å². The zero-order valence-corrected chi connectivity index (χ0v) is 14.3. The van der Waals surface area contributed by atoms with Gasteiger partial charge in [-0.1, -0.05) is 18.2 Å². The number of nitrogens with one attached hydrogen (secondary N) is 1. The number of methoxy groups -OCH3 is 1. The zero-order valence-electron chi connectivity index (χ0n) is 14.3. The first-order valence-corrected chi connectivity index (χ1v) is 8.36. The van der Waals surface area contributed by atoms with Gasteiger partial charge < -0.3 is 19.0 Å². The van der Waals surface area contributed by atoms with Crippen molar-refractivity contribution in [2.75, 3.05) is 7.11 Å². The lowest BCUT2D eigenvalue weighted by Crippen LogP contribution is -2.41. The highest BCUT2D eigenvalue weighted by Gasteiger charge is 2.26. The molecule has 0 spiro atoms. The van der Waals surface area contributed by atoms with Gasteiger partial charge in [-0.15, -0.1) is 10.2 Å². The number of hydrogen-bond acceptors (Lipinski definition) is 5. The van der Waals surface area contributed by atoms with Gasteiger partial charge in [0.25, 0.3) is 5.91 Å². The van der Waals surface area contributed by atoms with Crippen molar-refractivity contribution >= 4 is 16.9 Å². The second-order valence-electron chi connectivity index (χ2n) is 6.32. The number of aromatic nitrogens is 3. The van der Waals surface area contributed by atoms with Gasteiger partial charge in [0.1, 0.15) is 17.2 Å². The van der Waals surface area contributed by atoms with Crippen molar-refractivity contribution < 1.29 is 13.9 Å². The molecule has 1 aromatic carbocycles. The molecule has 1 N–H and O–H groups in total. The molecule has 1 aliphatic heterocycles. The molecule has 0 fully saturated rings. The van der Waals surface area contributed by atoms with Crippen LogP contribution >= 0.6 is 0 Å². The van der Waals surface area contributed by atoms with E-state index in [0.29, 0.717) is 24.5 Å². The van der Waals surface area contributed by atoms with Crippen molar-refractivity contribution in [2.45, 2.75) is 39.0 Å². The Kier molecular flexibility index (Phi) is 4.01. The highest BCUT2D eigenvalue weighted by Crippen LogP contribution is 2.27. The van der Waals surface area contributed by atoms with Crippen molar-refractivity contribution in [3.63, 3.8) is 0 Å². The van der Waals surface area contributed by atoms with Gasteiger partial charge in [0.15, 0.2) is 5.76 Å². The number of fused-ring (bicyclic) bond motifs is 2. The minimum atomic E-state index is -0.206. The molecule has 1 atom stereocenters. The predicted molar refractivity (Wildman–Crippen MR) is 91.3 cm³/mol. The molecule has 1 aliphatic rings. The van der Waals surface area contributed by atoms with Crippen LogP contribution in [0.1, 0.15) is 34.2 Å². The minimum Gasteiger partial charge on any atom is -0.451 e. The molecule has 7 nitrogen and oxygen atoms in total. The van der Waals surface area contributed by atoms with Crippen LogP contribution in [-0.2, 0) is 24.3 Å². The van der Waals surface area contributed by atoms with Gasteiger partial charge in [0, 0.05) is 37.1 Å². The van der Waals surface area contributed by atoms with Gasteiger partial charge in [0.05, 0.1) is 6.61 Å². The van der Waals surface area contributed by atoms with Crippen molar-refractivity contribution in [2.24, 2.45) is 0 Å². The summed E-state index contributed by atoms with van der Waals surface area (Å²) >= 11 is 0. The van der Waals surface area contributed by atoms with Gasteiger partial charge >= 0.3 is 0 Å². The quantitative estimate of drug-likeness (QED) is 0.787. The molecule has 0 saturated heterocycles. The molecule has 3 heterocycles. The van der Waals surface area contributed by atoms with E-state index in [-0.39, 0.29) is 11.9 Å². The third-order valence-corrected chi connectivity index (χ3v) is 4.66. The number of amides is 1. The summed E-state index contributed by atoms with van der Waals surface area (Å²) in [6.07, 6.45) is 1.64. The molecule has 0 saturated carbocycles. The highest BCUT2D eigenvalue weighted by molar-refractivity contribution is 5.99. The lowest BCUT2D eigenvalue weighted by Gasteiger charge is -2.24. The summed E-state index contributed by atoms with van der Waals surface area (Å²) in [6, 6.07) is 7.65. The van der Waals surface area contributed by atoms with Crippen LogP contribution < -0.4 is 5.32 Å². The number of hydrogen-bond donors (Lipinski definition) is 1. The van der Waals surface area contributed by atoms with Crippen LogP contribution in [0, 0.1) is 6.92 Å². The maximum absolute atomic E-state index is 12.8. The number of rotatable bonds is 4. The fourth-order valence-electron chi connectivity index (χ4n) is 3.40. The van der Waals surface area contributed by atoms with Gasteiger partial charge in [-0.05, 0) is 19.4 Å². The Hall–Kier alpha value is -2.67. The fourth-order valence-corrected chi connectivity index (χ4v) is 3.40. The van der Waals surface area contributed by atoms with Crippen LogP contribution in [0.2, 0.25) is 0 Å². The van der Waals surface area contributed by atoms with E-state index in [1.807, 2.05) is 31.2 Å². The fraction of sp³-hybridized carbons (Fsp3) is 0.389. The van der Waals surface area contributed by atoms with E-state index in [1.54, 1.807) is 7.11 Å². The monoisotopic (exact) mass is 340 g/mol. The normalized spacial score (nSPS) is 16.8. The van der Waals surface area contributed by atoms with Gasteiger partial charge in [-0.25, -0.2) is 0 Å². The topological polar surface area (TPSA) is 82.2 Å². The Morgan fingerprint density at radius 3 is 3.08 bits per heavy atom.